The molecule has 0 fully saturated rings. The quantitative estimate of drug-likeness (QED) is 0.794. The maximum absolute atomic E-state index is 13.9. The Morgan fingerprint density at radius 2 is 2.26 bits per heavy atom. The average molecular weight is 347 g/mol. The van der Waals surface area contributed by atoms with Crippen LogP contribution in [0.15, 0.2) is 26.8 Å². The first-order valence-electron chi connectivity index (χ1n) is 5.11. The van der Waals surface area contributed by atoms with Gasteiger partial charge in [-0.15, -0.1) is 0 Å². The fourth-order valence-corrected chi connectivity index (χ4v) is 2.54. The molecule has 0 amide bonds. The number of aromatic amines is 1. The molecule has 0 atom stereocenters. The highest BCUT2D eigenvalue weighted by molar-refractivity contribution is 9.10. The van der Waals surface area contributed by atoms with E-state index in [4.69, 9.17) is 5.11 Å². The molecule has 19 heavy (non-hydrogen) atoms. The van der Waals surface area contributed by atoms with E-state index in [1.54, 1.807) is 5.38 Å². The van der Waals surface area contributed by atoms with Gasteiger partial charge in [0.15, 0.2) is 5.82 Å². The zero-order chi connectivity index (χ0) is 14.0. The van der Waals surface area contributed by atoms with E-state index in [9.17, 15) is 14.0 Å². The van der Waals surface area contributed by atoms with E-state index < -0.39 is 11.8 Å². The normalized spacial score (nSPS) is 10.4. The highest BCUT2D eigenvalue weighted by Gasteiger charge is 2.15. The third kappa shape index (κ3) is 3.02. The SMILES string of the molecule is O=C(O)c1ccc(NCc2csc(=O)[nH]2)c(F)c1Br. The molecule has 2 rings (SSSR count). The number of hydrogen-bond donors (Lipinski definition) is 3. The number of carbonyl (C=O) groups is 1. The van der Waals surface area contributed by atoms with Crippen molar-refractivity contribution in [3.63, 3.8) is 0 Å². The number of nitrogens with one attached hydrogen (secondary N) is 2. The topological polar surface area (TPSA) is 82.2 Å². The molecule has 0 radical (unpaired) electrons. The van der Waals surface area contributed by atoms with Crippen molar-refractivity contribution in [2.75, 3.05) is 5.32 Å². The van der Waals surface area contributed by atoms with Crippen molar-refractivity contribution in [2.24, 2.45) is 0 Å². The lowest BCUT2D eigenvalue weighted by Crippen LogP contribution is -2.06. The van der Waals surface area contributed by atoms with E-state index >= 15 is 0 Å². The molecule has 0 aliphatic rings. The highest BCUT2D eigenvalue weighted by Crippen LogP contribution is 2.27. The predicted octanol–water partition coefficient (Wildman–Crippen LogP) is 2.65. The monoisotopic (exact) mass is 346 g/mol. The van der Waals surface area contributed by atoms with E-state index in [1.165, 1.54) is 12.1 Å². The summed E-state index contributed by atoms with van der Waals surface area (Å²) < 4.78 is 13.8. The lowest BCUT2D eigenvalue weighted by Gasteiger charge is -2.09. The Bertz CT molecular complexity index is 683. The second kappa shape index (κ2) is 5.54. The van der Waals surface area contributed by atoms with Crippen molar-refractivity contribution >= 4 is 38.9 Å². The van der Waals surface area contributed by atoms with Crippen molar-refractivity contribution in [2.45, 2.75) is 6.54 Å². The van der Waals surface area contributed by atoms with E-state index in [0.717, 1.165) is 11.3 Å². The van der Waals surface area contributed by atoms with E-state index in [0.29, 0.717) is 5.69 Å². The van der Waals surface area contributed by atoms with Gasteiger partial charge in [-0.1, -0.05) is 11.3 Å². The van der Waals surface area contributed by atoms with Crippen molar-refractivity contribution in [3.8, 4) is 0 Å². The number of halogens is 2. The zero-order valence-electron chi connectivity index (χ0n) is 9.37. The molecular formula is C11H8BrFN2O3S. The summed E-state index contributed by atoms with van der Waals surface area (Å²) in [7, 11) is 0. The number of rotatable bonds is 4. The van der Waals surface area contributed by atoms with E-state index in [2.05, 4.69) is 26.2 Å². The van der Waals surface area contributed by atoms with Gasteiger partial charge in [-0.3, -0.25) is 4.79 Å². The van der Waals surface area contributed by atoms with E-state index in [1.807, 2.05) is 0 Å². The first-order chi connectivity index (χ1) is 8.99. The zero-order valence-corrected chi connectivity index (χ0v) is 11.8. The van der Waals surface area contributed by atoms with Gasteiger partial charge in [-0.2, -0.15) is 0 Å². The average Bonchev–Trinajstić information content (AvgIpc) is 2.76. The molecule has 0 bridgehead atoms. The van der Waals surface area contributed by atoms with Crippen LogP contribution in [0.2, 0.25) is 0 Å². The van der Waals surface area contributed by atoms with Crippen LogP contribution in [0, 0.1) is 5.82 Å². The van der Waals surface area contributed by atoms with Crippen LogP contribution in [-0.2, 0) is 6.54 Å². The Morgan fingerprint density at radius 1 is 1.53 bits per heavy atom. The number of carboxylic acid groups (broad SMARTS) is 1. The maximum Gasteiger partial charge on any atom is 0.336 e. The van der Waals surface area contributed by atoms with Gasteiger partial charge in [0, 0.05) is 11.1 Å². The largest absolute Gasteiger partial charge is 0.478 e. The second-order valence-electron chi connectivity index (χ2n) is 3.62. The van der Waals surface area contributed by atoms with Crippen molar-refractivity contribution < 1.29 is 14.3 Å². The Morgan fingerprint density at radius 3 is 2.84 bits per heavy atom. The van der Waals surface area contributed by atoms with Gasteiger partial charge in [-0.05, 0) is 28.1 Å². The number of hydrogen-bond acceptors (Lipinski definition) is 4. The summed E-state index contributed by atoms with van der Waals surface area (Å²) in [6, 6.07) is 2.64. The Kier molecular flexibility index (Phi) is 4.01. The van der Waals surface area contributed by atoms with Gasteiger partial charge >= 0.3 is 10.8 Å². The van der Waals surface area contributed by atoms with Gasteiger partial charge in [0.2, 0.25) is 0 Å². The number of benzene rings is 1. The van der Waals surface area contributed by atoms with Crippen LogP contribution in [0.25, 0.3) is 0 Å². The molecule has 8 heteroatoms. The van der Waals surface area contributed by atoms with Crippen molar-refractivity contribution in [1.82, 2.24) is 4.98 Å². The van der Waals surface area contributed by atoms with Crippen LogP contribution in [0.3, 0.4) is 0 Å². The second-order valence-corrected chi connectivity index (χ2v) is 5.26. The molecule has 1 aromatic heterocycles. The fourth-order valence-electron chi connectivity index (χ4n) is 1.44. The molecule has 0 spiro atoms. The van der Waals surface area contributed by atoms with Crippen LogP contribution < -0.4 is 10.2 Å². The Labute approximate surface area is 119 Å². The van der Waals surface area contributed by atoms with Crippen LogP contribution in [0.4, 0.5) is 10.1 Å². The molecule has 2 aromatic rings. The predicted molar refractivity (Wildman–Crippen MR) is 73.3 cm³/mol. The summed E-state index contributed by atoms with van der Waals surface area (Å²) in [4.78, 5) is 24.1. The summed E-state index contributed by atoms with van der Waals surface area (Å²) in [6.45, 7) is 0.245. The molecule has 100 valence electrons. The smallest absolute Gasteiger partial charge is 0.336 e. The Hall–Kier alpha value is -1.67. The van der Waals surface area contributed by atoms with Gasteiger partial charge in [0.05, 0.1) is 22.3 Å². The lowest BCUT2D eigenvalue weighted by atomic mass is 10.2. The number of anilines is 1. The first kappa shape index (κ1) is 13.8. The number of aromatic nitrogens is 1. The maximum atomic E-state index is 13.9. The molecule has 0 saturated carbocycles. The summed E-state index contributed by atoms with van der Waals surface area (Å²) >= 11 is 3.93. The third-order valence-corrected chi connectivity index (χ3v) is 3.85. The van der Waals surface area contributed by atoms with Crippen molar-refractivity contribution in [1.29, 1.82) is 0 Å². The third-order valence-electron chi connectivity index (χ3n) is 2.35. The Balaban J connectivity index is 2.20. The van der Waals surface area contributed by atoms with Gasteiger partial charge < -0.3 is 15.4 Å². The van der Waals surface area contributed by atoms with E-state index in [-0.39, 0.29) is 27.1 Å². The number of H-pyrrole nitrogens is 1. The van der Waals surface area contributed by atoms with Crippen molar-refractivity contribution in [3.05, 3.63) is 48.7 Å². The number of aromatic carboxylic acids is 1. The molecular weight excluding hydrogens is 339 g/mol. The minimum Gasteiger partial charge on any atom is -0.478 e. The molecule has 3 N–H and O–H groups in total. The van der Waals surface area contributed by atoms with Crippen LogP contribution in [0.1, 0.15) is 16.1 Å². The molecule has 0 aliphatic heterocycles. The molecule has 0 saturated heterocycles. The minimum atomic E-state index is -1.21. The summed E-state index contributed by atoms with van der Waals surface area (Å²) in [6.07, 6.45) is 0. The van der Waals surface area contributed by atoms with Crippen LogP contribution in [0.5, 0.6) is 0 Å². The summed E-state index contributed by atoms with van der Waals surface area (Å²) in [5.41, 5.74) is 0.642. The molecule has 0 unspecified atom stereocenters. The molecule has 1 aromatic carbocycles. The van der Waals surface area contributed by atoms with Crippen LogP contribution >= 0.6 is 27.3 Å². The standard InChI is InChI=1S/C11H8BrFN2O3S/c12-8-6(10(16)17)1-2-7(9(8)13)14-3-5-4-19-11(18)15-5/h1-2,4,14H,3H2,(H,15,18)(H,16,17). The molecule has 5 nitrogen and oxygen atoms in total. The number of thiazole rings is 1. The molecule has 1 heterocycles. The fraction of sp³-hybridized carbons (Fsp3) is 0.0909. The van der Waals surface area contributed by atoms with Gasteiger partial charge in [0.1, 0.15) is 0 Å². The minimum absolute atomic E-state index is 0.108. The highest BCUT2D eigenvalue weighted by atomic mass is 79.9. The van der Waals surface area contributed by atoms with Gasteiger partial charge in [0.25, 0.3) is 0 Å². The number of carboxylic acids is 1. The summed E-state index contributed by atoms with van der Waals surface area (Å²) in [5.74, 6) is -1.89. The summed E-state index contributed by atoms with van der Waals surface area (Å²) in [5, 5.41) is 13.3. The molecule has 0 aliphatic carbocycles. The lowest BCUT2D eigenvalue weighted by molar-refractivity contribution is 0.0695. The van der Waals surface area contributed by atoms with Gasteiger partial charge in [-0.25, -0.2) is 9.18 Å². The van der Waals surface area contributed by atoms with Crippen LogP contribution in [-0.4, -0.2) is 16.1 Å². The first-order valence-corrected chi connectivity index (χ1v) is 6.78.